The first-order chi connectivity index (χ1) is 7.83. The lowest BCUT2D eigenvalue weighted by Gasteiger charge is -2.26. The van der Waals surface area contributed by atoms with Crippen LogP contribution >= 0.6 is 11.6 Å². The van der Waals surface area contributed by atoms with Gasteiger partial charge in [-0.05, 0) is 23.8 Å². The number of carbonyl (C=O) groups is 1. The summed E-state index contributed by atoms with van der Waals surface area (Å²) in [6.07, 6.45) is 0. The standard InChI is InChI=1S/C12H16ClFN2O/c1-12(2,7-16-6-11(15)17)9-5-8(13)3-4-10(9)14/h3-5,16H,6-7H2,1-2H3,(H2,15,17). The summed E-state index contributed by atoms with van der Waals surface area (Å²) in [5.74, 6) is -0.743. The second-order valence-corrected chi connectivity index (χ2v) is 5.01. The molecule has 0 fully saturated rings. The fourth-order valence-corrected chi connectivity index (χ4v) is 1.78. The first kappa shape index (κ1) is 13.9. The van der Waals surface area contributed by atoms with Gasteiger partial charge in [0.15, 0.2) is 0 Å². The van der Waals surface area contributed by atoms with E-state index < -0.39 is 11.3 Å². The molecule has 1 amide bonds. The number of primary amides is 1. The third kappa shape index (κ3) is 3.98. The highest BCUT2D eigenvalue weighted by Gasteiger charge is 2.24. The van der Waals surface area contributed by atoms with Crippen molar-refractivity contribution in [2.45, 2.75) is 19.3 Å². The van der Waals surface area contributed by atoms with E-state index in [0.717, 1.165) is 0 Å². The zero-order chi connectivity index (χ0) is 13.1. The van der Waals surface area contributed by atoms with E-state index in [1.807, 2.05) is 13.8 Å². The van der Waals surface area contributed by atoms with Gasteiger partial charge in [-0.3, -0.25) is 4.79 Å². The van der Waals surface area contributed by atoms with E-state index in [4.69, 9.17) is 17.3 Å². The van der Waals surface area contributed by atoms with Crippen molar-refractivity contribution in [3.63, 3.8) is 0 Å². The lowest BCUT2D eigenvalue weighted by molar-refractivity contribution is -0.117. The molecule has 0 aromatic heterocycles. The van der Waals surface area contributed by atoms with Crippen LogP contribution in [0.25, 0.3) is 0 Å². The fraction of sp³-hybridized carbons (Fsp3) is 0.417. The molecule has 0 bridgehead atoms. The van der Waals surface area contributed by atoms with Crippen molar-refractivity contribution in [2.75, 3.05) is 13.1 Å². The van der Waals surface area contributed by atoms with Crippen molar-refractivity contribution in [1.29, 1.82) is 0 Å². The minimum absolute atomic E-state index is 0.0750. The zero-order valence-electron chi connectivity index (χ0n) is 9.89. The lowest BCUT2D eigenvalue weighted by atomic mass is 9.84. The molecule has 0 aliphatic rings. The first-order valence-corrected chi connectivity index (χ1v) is 5.65. The molecule has 0 spiro atoms. The maximum Gasteiger partial charge on any atom is 0.231 e. The van der Waals surface area contributed by atoms with E-state index in [1.165, 1.54) is 12.1 Å². The number of halogens is 2. The third-order valence-electron chi connectivity index (χ3n) is 2.52. The maximum atomic E-state index is 13.7. The number of nitrogens with two attached hydrogens (primary N) is 1. The second-order valence-electron chi connectivity index (χ2n) is 4.58. The summed E-state index contributed by atoms with van der Waals surface area (Å²) >= 11 is 5.85. The average molecular weight is 259 g/mol. The minimum atomic E-state index is -0.468. The molecule has 1 aromatic rings. The summed E-state index contributed by atoms with van der Waals surface area (Å²) in [6, 6.07) is 4.45. The Morgan fingerprint density at radius 1 is 1.53 bits per heavy atom. The fourth-order valence-electron chi connectivity index (χ4n) is 1.61. The molecule has 0 radical (unpaired) electrons. The van der Waals surface area contributed by atoms with E-state index in [9.17, 15) is 9.18 Å². The number of hydrogen-bond donors (Lipinski definition) is 2. The Balaban J connectivity index is 2.81. The molecule has 94 valence electrons. The molecular weight excluding hydrogens is 243 g/mol. The number of nitrogens with one attached hydrogen (secondary N) is 1. The first-order valence-electron chi connectivity index (χ1n) is 5.27. The van der Waals surface area contributed by atoms with Crippen LogP contribution in [0.4, 0.5) is 4.39 Å². The monoisotopic (exact) mass is 258 g/mol. The maximum absolute atomic E-state index is 13.7. The molecule has 0 saturated heterocycles. The zero-order valence-corrected chi connectivity index (χ0v) is 10.6. The van der Waals surface area contributed by atoms with Gasteiger partial charge in [-0.1, -0.05) is 25.4 Å². The number of benzene rings is 1. The van der Waals surface area contributed by atoms with Crippen LogP contribution in [0.15, 0.2) is 18.2 Å². The molecule has 1 aromatic carbocycles. The van der Waals surface area contributed by atoms with Gasteiger partial charge in [-0.15, -0.1) is 0 Å². The van der Waals surface area contributed by atoms with Crippen LogP contribution in [-0.4, -0.2) is 19.0 Å². The Morgan fingerprint density at radius 2 is 2.18 bits per heavy atom. The summed E-state index contributed by atoms with van der Waals surface area (Å²) < 4.78 is 13.7. The number of hydrogen-bond acceptors (Lipinski definition) is 2. The quantitative estimate of drug-likeness (QED) is 0.847. The molecule has 0 heterocycles. The van der Waals surface area contributed by atoms with Crippen molar-refractivity contribution < 1.29 is 9.18 Å². The van der Waals surface area contributed by atoms with E-state index >= 15 is 0 Å². The van der Waals surface area contributed by atoms with Crippen LogP contribution in [-0.2, 0) is 10.2 Å². The van der Waals surface area contributed by atoms with Gasteiger partial charge in [0.2, 0.25) is 5.91 Å². The van der Waals surface area contributed by atoms with Crippen molar-refractivity contribution in [3.8, 4) is 0 Å². The van der Waals surface area contributed by atoms with Gasteiger partial charge < -0.3 is 11.1 Å². The summed E-state index contributed by atoms with van der Waals surface area (Å²) in [6.45, 7) is 4.25. The van der Waals surface area contributed by atoms with Crippen LogP contribution < -0.4 is 11.1 Å². The minimum Gasteiger partial charge on any atom is -0.369 e. The van der Waals surface area contributed by atoms with Gasteiger partial charge in [-0.2, -0.15) is 0 Å². The van der Waals surface area contributed by atoms with Gasteiger partial charge in [0, 0.05) is 17.0 Å². The Labute approximate surface area is 105 Å². The van der Waals surface area contributed by atoms with Crippen LogP contribution in [0, 0.1) is 5.82 Å². The van der Waals surface area contributed by atoms with Gasteiger partial charge in [0.05, 0.1) is 6.54 Å². The second kappa shape index (κ2) is 5.47. The molecule has 0 atom stereocenters. The lowest BCUT2D eigenvalue weighted by Crippen LogP contribution is -2.38. The Hall–Kier alpha value is -1.13. The Kier molecular flexibility index (Phi) is 4.48. The van der Waals surface area contributed by atoms with E-state index in [-0.39, 0.29) is 12.4 Å². The smallest absolute Gasteiger partial charge is 0.231 e. The molecule has 5 heteroatoms. The summed E-state index contributed by atoms with van der Waals surface area (Å²) in [5.41, 5.74) is 5.07. The highest BCUT2D eigenvalue weighted by atomic mass is 35.5. The topological polar surface area (TPSA) is 55.1 Å². The Morgan fingerprint density at radius 3 is 2.76 bits per heavy atom. The van der Waals surface area contributed by atoms with E-state index in [2.05, 4.69) is 5.32 Å². The highest BCUT2D eigenvalue weighted by molar-refractivity contribution is 6.30. The van der Waals surface area contributed by atoms with Crippen LogP contribution in [0.3, 0.4) is 0 Å². The molecule has 17 heavy (non-hydrogen) atoms. The van der Waals surface area contributed by atoms with Gasteiger partial charge >= 0.3 is 0 Å². The van der Waals surface area contributed by atoms with Crippen molar-refractivity contribution in [1.82, 2.24) is 5.32 Å². The molecule has 3 N–H and O–H groups in total. The average Bonchev–Trinajstić information content (AvgIpc) is 2.20. The van der Waals surface area contributed by atoms with Crippen LogP contribution in [0.1, 0.15) is 19.4 Å². The summed E-state index contributed by atoms with van der Waals surface area (Å²) in [5, 5.41) is 3.38. The van der Waals surface area contributed by atoms with Gasteiger partial charge in [0.1, 0.15) is 5.82 Å². The van der Waals surface area contributed by atoms with Gasteiger partial charge in [0.25, 0.3) is 0 Å². The molecule has 0 aliphatic carbocycles. The largest absolute Gasteiger partial charge is 0.369 e. The normalized spacial score (nSPS) is 11.5. The molecule has 1 rings (SSSR count). The molecule has 0 saturated carbocycles. The van der Waals surface area contributed by atoms with Crippen molar-refractivity contribution in [2.24, 2.45) is 5.73 Å². The summed E-state index contributed by atoms with van der Waals surface area (Å²) in [7, 11) is 0. The van der Waals surface area contributed by atoms with Crippen LogP contribution in [0.5, 0.6) is 0 Å². The van der Waals surface area contributed by atoms with Crippen LogP contribution in [0.2, 0.25) is 5.02 Å². The molecule has 3 nitrogen and oxygen atoms in total. The van der Waals surface area contributed by atoms with Gasteiger partial charge in [-0.25, -0.2) is 4.39 Å². The molecule has 0 unspecified atom stereocenters. The molecule has 0 aliphatic heterocycles. The third-order valence-corrected chi connectivity index (χ3v) is 2.76. The predicted molar refractivity (Wildman–Crippen MR) is 66.5 cm³/mol. The van der Waals surface area contributed by atoms with E-state index in [1.54, 1.807) is 6.07 Å². The predicted octanol–water partition coefficient (Wildman–Crippen LogP) is 1.83. The Bertz CT molecular complexity index is 421. The number of rotatable bonds is 5. The SMILES string of the molecule is CC(C)(CNCC(N)=O)c1cc(Cl)ccc1F. The highest BCUT2D eigenvalue weighted by Crippen LogP contribution is 2.27. The van der Waals surface area contributed by atoms with Crippen molar-refractivity contribution >= 4 is 17.5 Å². The summed E-state index contributed by atoms with van der Waals surface area (Å²) in [4.78, 5) is 10.6. The van der Waals surface area contributed by atoms with Crippen molar-refractivity contribution in [3.05, 3.63) is 34.6 Å². The van der Waals surface area contributed by atoms with E-state index in [0.29, 0.717) is 17.1 Å². The number of amides is 1. The molecular formula is C12H16ClFN2O. The number of carbonyl (C=O) groups excluding carboxylic acids is 1.